The molecule has 0 spiro atoms. The van der Waals surface area contributed by atoms with Gasteiger partial charge in [-0.2, -0.15) is 26.3 Å². The second kappa shape index (κ2) is 7.86. The lowest BCUT2D eigenvalue weighted by molar-refractivity contribution is -0.143. The smallest absolute Gasteiger partial charge is 0.416 e. The quantitative estimate of drug-likeness (QED) is 0.388. The highest BCUT2D eigenvalue weighted by Crippen LogP contribution is 2.37. The van der Waals surface area contributed by atoms with Gasteiger partial charge in [0.2, 0.25) is 0 Å². The van der Waals surface area contributed by atoms with Crippen molar-refractivity contribution in [2.24, 2.45) is 0 Å². The standard InChI is InChI=1S/C19H12BrF6NO3/c1-9-16(14-7-13(20)2-3-15(14)30-9)27-17(28)29-8-10-4-11(18(21,22)23)6-12(5-10)19(24,25)26/h2-7H,8H2,1H3,(H,27,28). The number of hydrogen-bond acceptors (Lipinski definition) is 3. The molecular weight excluding hydrogens is 484 g/mol. The maximum atomic E-state index is 12.9. The van der Waals surface area contributed by atoms with Gasteiger partial charge in [-0.05, 0) is 48.9 Å². The van der Waals surface area contributed by atoms with Gasteiger partial charge < -0.3 is 9.15 Å². The highest BCUT2D eigenvalue weighted by Gasteiger charge is 2.37. The van der Waals surface area contributed by atoms with Gasteiger partial charge in [0.05, 0.1) is 16.8 Å². The zero-order valence-electron chi connectivity index (χ0n) is 15.0. The summed E-state index contributed by atoms with van der Waals surface area (Å²) in [6.45, 7) is 0.781. The third-order valence-corrected chi connectivity index (χ3v) is 4.56. The number of aryl methyl sites for hydroxylation is 1. The third kappa shape index (κ3) is 4.89. The minimum Gasteiger partial charge on any atom is -0.459 e. The number of anilines is 1. The Labute approximate surface area is 173 Å². The normalized spacial score (nSPS) is 12.3. The Balaban J connectivity index is 1.80. The first-order chi connectivity index (χ1) is 13.8. The van der Waals surface area contributed by atoms with Crippen LogP contribution in [0.25, 0.3) is 11.0 Å². The van der Waals surface area contributed by atoms with Crippen LogP contribution in [-0.4, -0.2) is 6.09 Å². The molecule has 0 atom stereocenters. The summed E-state index contributed by atoms with van der Waals surface area (Å²) in [6.07, 6.45) is -11.0. The molecule has 1 N–H and O–H groups in total. The first-order valence-electron chi connectivity index (χ1n) is 8.25. The van der Waals surface area contributed by atoms with Crippen molar-refractivity contribution in [1.82, 2.24) is 0 Å². The number of carbonyl (C=O) groups is 1. The van der Waals surface area contributed by atoms with E-state index in [1.807, 2.05) is 0 Å². The van der Waals surface area contributed by atoms with Gasteiger partial charge in [-0.3, -0.25) is 5.32 Å². The van der Waals surface area contributed by atoms with Crippen LogP contribution < -0.4 is 5.32 Å². The van der Waals surface area contributed by atoms with Gasteiger partial charge in [-0.1, -0.05) is 15.9 Å². The largest absolute Gasteiger partial charge is 0.459 e. The van der Waals surface area contributed by atoms with Crippen LogP contribution >= 0.6 is 15.9 Å². The molecule has 0 unspecified atom stereocenters. The van der Waals surface area contributed by atoms with Crippen molar-refractivity contribution in [3.63, 3.8) is 0 Å². The fraction of sp³-hybridized carbons (Fsp3) is 0.211. The summed E-state index contributed by atoms with van der Waals surface area (Å²) in [5, 5.41) is 2.94. The van der Waals surface area contributed by atoms with Crippen molar-refractivity contribution in [2.45, 2.75) is 25.9 Å². The van der Waals surface area contributed by atoms with E-state index in [1.165, 1.54) is 0 Å². The van der Waals surface area contributed by atoms with Crippen LogP contribution in [0.5, 0.6) is 0 Å². The van der Waals surface area contributed by atoms with Crippen LogP contribution in [-0.2, 0) is 23.7 Å². The highest BCUT2D eigenvalue weighted by atomic mass is 79.9. The number of furan rings is 1. The Hall–Kier alpha value is -2.69. The van der Waals surface area contributed by atoms with E-state index < -0.39 is 41.7 Å². The average Bonchev–Trinajstić information content (AvgIpc) is 2.93. The number of hydrogen-bond donors (Lipinski definition) is 1. The molecule has 1 aromatic heterocycles. The lowest BCUT2D eigenvalue weighted by Gasteiger charge is -2.14. The van der Waals surface area contributed by atoms with Gasteiger partial charge in [0, 0.05) is 9.86 Å². The van der Waals surface area contributed by atoms with E-state index in [0.29, 0.717) is 33.3 Å². The summed E-state index contributed by atoms with van der Waals surface area (Å²) >= 11 is 3.28. The molecule has 0 bridgehead atoms. The first kappa shape index (κ1) is 22.0. The summed E-state index contributed by atoms with van der Waals surface area (Å²) < 4.78 is 88.5. The monoisotopic (exact) mass is 495 g/mol. The van der Waals surface area contributed by atoms with Crippen LogP contribution in [0.15, 0.2) is 45.3 Å². The van der Waals surface area contributed by atoms with Gasteiger partial charge in [-0.15, -0.1) is 0 Å². The van der Waals surface area contributed by atoms with E-state index in [4.69, 9.17) is 9.15 Å². The SMILES string of the molecule is Cc1oc2ccc(Br)cc2c1NC(=O)OCc1cc(C(F)(F)F)cc(C(F)(F)F)c1. The van der Waals surface area contributed by atoms with Crippen molar-refractivity contribution in [3.8, 4) is 0 Å². The molecule has 0 aliphatic rings. The maximum absolute atomic E-state index is 12.9. The molecule has 0 saturated heterocycles. The Morgan fingerprint density at radius 3 is 2.20 bits per heavy atom. The van der Waals surface area contributed by atoms with Gasteiger partial charge in [0.25, 0.3) is 0 Å². The summed E-state index contributed by atoms with van der Waals surface area (Å²) in [6, 6.07) is 6.05. The zero-order chi connectivity index (χ0) is 22.3. The number of rotatable bonds is 3. The molecule has 3 aromatic rings. The van der Waals surface area contributed by atoms with Crippen molar-refractivity contribution in [1.29, 1.82) is 0 Å². The van der Waals surface area contributed by atoms with Crippen molar-refractivity contribution < 1.29 is 40.3 Å². The molecule has 160 valence electrons. The van der Waals surface area contributed by atoms with Crippen LogP contribution in [0.3, 0.4) is 0 Å². The summed E-state index contributed by atoms with van der Waals surface area (Å²) in [7, 11) is 0. The minimum atomic E-state index is -4.99. The number of fused-ring (bicyclic) bond motifs is 1. The highest BCUT2D eigenvalue weighted by molar-refractivity contribution is 9.10. The second-order valence-corrected chi connectivity index (χ2v) is 7.20. The van der Waals surface area contributed by atoms with E-state index in [1.54, 1.807) is 25.1 Å². The Kier molecular flexibility index (Phi) is 5.76. The third-order valence-electron chi connectivity index (χ3n) is 4.07. The molecule has 0 aliphatic heterocycles. The molecule has 11 heteroatoms. The summed E-state index contributed by atoms with van der Waals surface area (Å²) in [5.41, 5.74) is -2.69. The maximum Gasteiger partial charge on any atom is 0.416 e. The Bertz CT molecular complexity index is 1070. The predicted molar refractivity (Wildman–Crippen MR) is 98.9 cm³/mol. The van der Waals surface area contributed by atoms with Gasteiger partial charge in [0.15, 0.2) is 0 Å². The Morgan fingerprint density at radius 1 is 1.03 bits per heavy atom. The van der Waals surface area contributed by atoms with Crippen molar-refractivity contribution in [2.75, 3.05) is 5.32 Å². The molecule has 3 rings (SSSR count). The van der Waals surface area contributed by atoms with Crippen LogP contribution in [0.4, 0.5) is 36.8 Å². The summed E-state index contributed by atoms with van der Waals surface area (Å²) in [5.74, 6) is 0.346. The number of benzene rings is 2. The van der Waals surface area contributed by atoms with Crippen LogP contribution in [0.1, 0.15) is 22.5 Å². The molecule has 0 fully saturated rings. The number of ether oxygens (including phenoxy) is 1. The first-order valence-corrected chi connectivity index (χ1v) is 9.04. The molecule has 0 radical (unpaired) electrons. The van der Waals surface area contributed by atoms with Crippen LogP contribution in [0, 0.1) is 6.92 Å². The molecule has 0 aliphatic carbocycles. The van der Waals surface area contributed by atoms with E-state index >= 15 is 0 Å². The van der Waals surface area contributed by atoms with E-state index in [2.05, 4.69) is 21.2 Å². The van der Waals surface area contributed by atoms with Crippen LogP contribution in [0.2, 0.25) is 0 Å². The number of carbonyl (C=O) groups excluding carboxylic acids is 1. The summed E-state index contributed by atoms with van der Waals surface area (Å²) in [4.78, 5) is 12.1. The lowest BCUT2D eigenvalue weighted by Crippen LogP contribution is -2.15. The fourth-order valence-corrected chi connectivity index (χ4v) is 3.10. The van der Waals surface area contributed by atoms with Gasteiger partial charge in [0.1, 0.15) is 18.0 Å². The molecule has 0 saturated carbocycles. The van der Waals surface area contributed by atoms with E-state index in [9.17, 15) is 31.1 Å². The second-order valence-electron chi connectivity index (χ2n) is 6.29. The molecule has 30 heavy (non-hydrogen) atoms. The van der Waals surface area contributed by atoms with Crippen molar-refractivity contribution in [3.05, 3.63) is 63.3 Å². The molecule has 4 nitrogen and oxygen atoms in total. The average molecular weight is 496 g/mol. The number of nitrogens with one attached hydrogen (secondary N) is 1. The minimum absolute atomic E-state index is 0.00238. The molecule has 1 amide bonds. The molecular formula is C19H12BrF6NO3. The topological polar surface area (TPSA) is 51.5 Å². The lowest BCUT2D eigenvalue weighted by atomic mass is 10.1. The predicted octanol–water partition coefficient (Wildman–Crippen LogP) is 7.29. The fourth-order valence-electron chi connectivity index (χ4n) is 2.74. The van der Waals surface area contributed by atoms with Gasteiger partial charge in [-0.25, -0.2) is 4.79 Å². The zero-order valence-corrected chi connectivity index (χ0v) is 16.6. The van der Waals surface area contributed by atoms with Crippen molar-refractivity contribution >= 4 is 38.7 Å². The van der Waals surface area contributed by atoms with Gasteiger partial charge >= 0.3 is 18.4 Å². The Morgan fingerprint density at radius 2 is 1.63 bits per heavy atom. The number of amides is 1. The molecule has 1 heterocycles. The molecule has 2 aromatic carbocycles. The number of alkyl halides is 6. The number of halogens is 7. The van der Waals surface area contributed by atoms with E-state index in [-0.39, 0.29) is 11.8 Å². The van der Waals surface area contributed by atoms with E-state index in [0.717, 1.165) is 0 Å².